The summed E-state index contributed by atoms with van der Waals surface area (Å²) in [6.45, 7) is 7.78. The van der Waals surface area contributed by atoms with E-state index in [1.165, 1.54) is 0 Å². The van der Waals surface area contributed by atoms with E-state index in [4.69, 9.17) is 11.6 Å². The number of amides is 2. The summed E-state index contributed by atoms with van der Waals surface area (Å²) >= 11 is 6.25. The van der Waals surface area contributed by atoms with Crippen LogP contribution in [-0.2, 0) is 9.59 Å². The van der Waals surface area contributed by atoms with E-state index in [0.29, 0.717) is 23.0 Å². The number of nitrogens with one attached hydrogen (secondary N) is 1. The topological polar surface area (TPSA) is 49.4 Å². The lowest BCUT2D eigenvalue weighted by atomic mass is 9.99. The van der Waals surface area contributed by atoms with Crippen LogP contribution in [-0.4, -0.2) is 29.8 Å². The molecule has 2 amide bonds. The summed E-state index contributed by atoms with van der Waals surface area (Å²) in [7, 11) is 0. The zero-order valence-corrected chi connectivity index (χ0v) is 15.3. The summed E-state index contributed by atoms with van der Waals surface area (Å²) in [5.74, 6) is 0.386. The number of piperidine rings is 1. The van der Waals surface area contributed by atoms with Gasteiger partial charge in [0, 0.05) is 13.1 Å². The van der Waals surface area contributed by atoms with Crippen molar-refractivity contribution < 1.29 is 9.59 Å². The Hall–Kier alpha value is -1.55. The highest BCUT2D eigenvalue weighted by atomic mass is 35.5. The summed E-state index contributed by atoms with van der Waals surface area (Å²) in [6.07, 6.45) is 2.78. The number of carbonyl (C=O) groups excluding carboxylic acids is 2. The monoisotopic (exact) mass is 348 g/mol. The molecule has 1 heterocycles. The number of carbonyl (C=O) groups is 2. The highest BCUT2D eigenvalue weighted by Gasteiger charge is 2.49. The van der Waals surface area contributed by atoms with Crippen LogP contribution in [0.3, 0.4) is 0 Å². The number of hydrogen-bond donors (Lipinski definition) is 1. The number of halogens is 1. The Bertz CT molecular complexity index is 642. The maximum Gasteiger partial charge on any atom is 0.228 e. The van der Waals surface area contributed by atoms with Crippen LogP contribution in [0.2, 0.25) is 5.02 Å². The quantitative estimate of drug-likeness (QED) is 0.903. The molecule has 3 rings (SSSR count). The number of nitrogens with zero attached hydrogens (tertiary/aromatic N) is 1. The van der Waals surface area contributed by atoms with Gasteiger partial charge in [-0.2, -0.15) is 0 Å². The molecule has 2 unspecified atom stereocenters. The Morgan fingerprint density at radius 2 is 1.83 bits per heavy atom. The Morgan fingerprint density at radius 1 is 1.17 bits per heavy atom. The number of hydrogen-bond acceptors (Lipinski definition) is 2. The van der Waals surface area contributed by atoms with Gasteiger partial charge in [0.25, 0.3) is 0 Å². The van der Waals surface area contributed by atoms with Gasteiger partial charge in [-0.05, 0) is 56.2 Å². The van der Waals surface area contributed by atoms with Crippen LogP contribution in [0, 0.1) is 31.6 Å². The third-order valence-electron chi connectivity index (χ3n) is 5.22. The normalized spacial score (nSPS) is 23.9. The van der Waals surface area contributed by atoms with E-state index in [9.17, 15) is 9.59 Å². The summed E-state index contributed by atoms with van der Waals surface area (Å²) in [6, 6.07) is 3.83. The van der Waals surface area contributed by atoms with Gasteiger partial charge in [-0.25, -0.2) is 0 Å². The van der Waals surface area contributed by atoms with E-state index in [1.807, 2.05) is 30.9 Å². The van der Waals surface area contributed by atoms with Crippen LogP contribution < -0.4 is 5.32 Å². The summed E-state index contributed by atoms with van der Waals surface area (Å²) in [5.41, 5.74) is 2.67. The maximum absolute atomic E-state index is 12.5. The summed E-state index contributed by atoms with van der Waals surface area (Å²) in [5, 5.41) is 3.47. The average molecular weight is 349 g/mol. The molecule has 1 saturated carbocycles. The minimum absolute atomic E-state index is 0.0902. The molecule has 2 aliphatic rings. The first-order valence-electron chi connectivity index (χ1n) is 8.73. The molecule has 1 saturated heterocycles. The van der Waals surface area contributed by atoms with E-state index in [2.05, 4.69) is 12.2 Å². The molecule has 1 aromatic rings. The second-order valence-electron chi connectivity index (χ2n) is 7.38. The summed E-state index contributed by atoms with van der Waals surface area (Å²) < 4.78 is 0. The van der Waals surface area contributed by atoms with Crippen LogP contribution in [0.5, 0.6) is 0 Å². The standard InChI is InChI=1S/C19H25ClN2O2/c1-11-4-6-22(7-5-11)19(24)15-10-14(15)18(23)21-17-13(3)8-12(2)9-16(17)20/h8-9,11,14-15H,4-7,10H2,1-3H3,(H,21,23). The third-order valence-corrected chi connectivity index (χ3v) is 5.52. The lowest BCUT2D eigenvalue weighted by Crippen LogP contribution is -2.39. The molecule has 0 spiro atoms. The Balaban J connectivity index is 1.59. The molecule has 2 fully saturated rings. The van der Waals surface area contributed by atoms with Crippen LogP contribution in [0.15, 0.2) is 12.1 Å². The molecule has 2 atom stereocenters. The van der Waals surface area contributed by atoms with Crippen molar-refractivity contribution in [3.8, 4) is 0 Å². The zero-order valence-electron chi connectivity index (χ0n) is 14.6. The molecule has 4 nitrogen and oxygen atoms in total. The molecule has 1 aliphatic heterocycles. The Morgan fingerprint density at radius 3 is 2.46 bits per heavy atom. The number of likely N-dealkylation sites (tertiary alicyclic amines) is 1. The van der Waals surface area contributed by atoms with Gasteiger partial charge in [-0.1, -0.05) is 24.6 Å². The van der Waals surface area contributed by atoms with Crippen molar-refractivity contribution >= 4 is 29.1 Å². The minimum atomic E-state index is -0.214. The number of benzene rings is 1. The van der Waals surface area contributed by atoms with Crippen molar-refractivity contribution in [2.45, 2.75) is 40.0 Å². The molecular formula is C19H25ClN2O2. The van der Waals surface area contributed by atoms with Gasteiger partial charge in [0.2, 0.25) is 11.8 Å². The van der Waals surface area contributed by atoms with Gasteiger partial charge in [0.05, 0.1) is 22.5 Å². The molecular weight excluding hydrogens is 324 g/mol. The lowest BCUT2D eigenvalue weighted by molar-refractivity contribution is -0.135. The van der Waals surface area contributed by atoms with Gasteiger partial charge in [-0.15, -0.1) is 0 Å². The largest absolute Gasteiger partial charge is 0.342 e. The van der Waals surface area contributed by atoms with Gasteiger partial charge in [0.1, 0.15) is 0 Å². The fourth-order valence-corrected chi connectivity index (χ4v) is 3.88. The smallest absolute Gasteiger partial charge is 0.228 e. The molecule has 0 radical (unpaired) electrons. The molecule has 1 aliphatic carbocycles. The van der Waals surface area contributed by atoms with E-state index in [0.717, 1.165) is 37.1 Å². The van der Waals surface area contributed by atoms with Crippen molar-refractivity contribution in [2.75, 3.05) is 18.4 Å². The molecule has 0 bridgehead atoms. The van der Waals surface area contributed by atoms with Crippen LogP contribution in [0.4, 0.5) is 5.69 Å². The van der Waals surface area contributed by atoms with Gasteiger partial charge >= 0.3 is 0 Å². The van der Waals surface area contributed by atoms with Crippen molar-refractivity contribution in [1.29, 1.82) is 0 Å². The van der Waals surface area contributed by atoms with Crippen LogP contribution in [0.1, 0.15) is 37.3 Å². The van der Waals surface area contributed by atoms with Crippen LogP contribution in [0.25, 0.3) is 0 Å². The van der Waals surface area contributed by atoms with Crippen molar-refractivity contribution in [3.63, 3.8) is 0 Å². The highest BCUT2D eigenvalue weighted by Crippen LogP contribution is 2.42. The molecule has 24 heavy (non-hydrogen) atoms. The van der Waals surface area contributed by atoms with Gasteiger partial charge in [0.15, 0.2) is 0 Å². The predicted molar refractivity (Wildman–Crippen MR) is 96.1 cm³/mol. The van der Waals surface area contributed by atoms with Gasteiger partial charge in [-0.3, -0.25) is 9.59 Å². The van der Waals surface area contributed by atoms with Crippen molar-refractivity contribution in [3.05, 3.63) is 28.3 Å². The predicted octanol–water partition coefficient (Wildman–Crippen LogP) is 3.79. The van der Waals surface area contributed by atoms with Crippen molar-refractivity contribution in [2.24, 2.45) is 17.8 Å². The fourth-order valence-electron chi connectivity index (χ4n) is 3.51. The highest BCUT2D eigenvalue weighted by molar-refractivity contribution is 6.34. The van der Waals surface area contributed by atoms with E-state index < -0.39 is 0 Å². The second kappa shape index (κ2) is 6.75. The molecule has 130 valence electrons. The van der Waals surface area contributed by atoms with Gasteiger partial charge < -0.3 is 10.2 Å². The number of aryl methyl sites for hydroxylation is 2. The molecule has 5 heteroatoms. The molecule has 1 aromatic carbocycles. The summed E-state index contributed by atoms with van der Waals surface area (Å²) in [4.78, 5) is 26.9. The number of rotatable bonds is 3. The van der Waals surface area contributed by atoms with Crippen molar-refractivity contribution in [1.82, 2.24) is 4.90 Å². The van der Waals surface area contributed by atoms with E-state index >= 15 is 0 Å². The third kappa shape index (κ3) is 3.59. The molecule has 0 aromatic heterocycles. The second-order valence-corrected chi connectivity index (χ2v) is 7.79. The minimum Gasteiger partial charge on any atom is -0.342 e. The number of anilines is 1. The SMILES string of the molecule is Cc1cc(C)c(NC(=O)C2CC2C(=O)N2CCC(C)CC2)c(Cl)c1. The first kappa shape index (κ1) is 17.3. The maximum atomic E-state index is 12.5. The first-order chi connectivity index (χ1) is 11.4. The van der Waals surface area contributed by atoms with E-state index in [-0.39, 0.29) is 23.7 Å². The zero-order chi connectivity index (χ0) is 17.4. The molecule has 1 N–H and O–H groups in total. The van der Waals surface area contributed by atoms with E-state index in [1.54, 1.807) is 0 Å². The fraction of sp³-hybridized carbons (Fsp3) is 0.579. The Kier molecular flexibility index (Phi) is 4.86. The average Bonchev–Trinajstić information content (AvgIpc) is 3.31. The lowest BCUT2D eigenvalue weighted by Gasteiger charge is -2.30. The first-order valence-corrected chi connectivity index (χ1v) is 9.11. The Labute approximate surface area is 148 Å². The van der Waals surface area contributed by atoms with Crippen LogP contribution >= 0.6 is 11.6 Å².